The molecule has 1 atom stereocenters. The summed E-state index contributed by atoms with van der Waals surface area (Å²) in [5.74, 6) is -0.179. The van der Waals surface area contributed by atoms with Crippen molar-refractivity contribution < 1.29 is 14.7 Å². The molecule has 0 aliphatic carbocycles. The molecule has 1 aromatic rings. The second-order valence-corrected chi connectivity index (χ2v) is 4.82. The van der Waals surface area contributed by atoms with E-state index in [0.717, 1.165) is 11.5 Å². The van der Waals surface area contributed by atoms with Gasteiger partial charge in [0.1, 0.15) is 11.0 Å². The van der Waals surface area contributed by atoms with Gasteiger partial charge in [-0.1, -0.05) is 4.49 Å². The summed E-state index contributed by atoms with van der Waals surface area (Å²) in [7, 11) is 0. The molecule has 7 nitrogen and oxygen atoms in total. The molecule has 9 heteroatoms. The second-order valence-electron chi connectivity index (χ2n) is 3.04. The van der Waals surface area contributed by atoms with Crippen molar-refractivity contribution in [2.45, 2.75) is 6.04 Å². The Morgan fingerprint density at radius 3 is 3.06 bits per heavy atom. The van der Waals surface area contributed by atoms with Gasteiger partial charge >= 0.3 is 12.0 Å². The molecule has 2 heterocycles. The molecular formula is C7H8N4O3S2. The molecule has 2 rings (SSSR count). The summed E-state index contributed by atoms with van der Waals surface area (Å²) in [5, 5.41) is 15.5. The van der Waals surface area contributed by atoms with E-state index in [-0.39, 0.29) is 0 Å². The zero-order valence-electron chi connectivity index (χ0n) is 7.99. The van der Waals surface area contributed by atoms with Gasteiger partial charge in [-0.25, -0.2) is 9.59 Å². The first-order chi connectivity index (χ1) is 7.68. The average Bonchev–Trinajstić information content (AvgIpc) is 2.86. The van der Waals surface area contributed by atoms with E-state index in [4.69, 9.17) is 5.11 Å². The van der Waals surface area contributed by atoms with Gasteiger partial charge in [0, 0.05) is 17.3 Å². The molecule has 0 aromatic carbocycles. The minimum absolute atomic E-state index is 0.384. The third kappa shape index (κ3) is 2.25. The predicted molar refractivity (Wildman–Crippen MR) is 59.5 cm³/mol. The SMILES string of the molecule is O=C(O)[C@@H]1CSCN1C(=O)Nc1cnns1. The van der Waals surface area contributed by atoms with Crippen molar-refractivity contribution in [3.63, 3.8) is 0 Å². The lowest BCUT2D eigenvalue weighted by Gasteiger charge is -2.19. The number of carbonyl (C=O) groups excluding carboxylic acids is 1. The highest BCUT2D eigenvalue weighted by atomic mass is 32.2. The van der Waals surface area contributed by atoms with Crippen LogP contribution in [-0.4, -0.2) is 49.3 Å². The number of aromatic nitrogens is 2. The van der Waals surface area contributed by atoms with Gasteiger partial charge in [-0.2, -0.15) is 0 Å². The van der Waals surface area contributed by atoms with Crippen LogP contribution in [0.4, 0.5) is 9.80 Å². The van der Waals surface area contributed by atoms with E-state index in [0.29, 0.717) is 16.6 Å². The van der Waals surface area contributed by atoms with Crippen molar-refractivity contribution in [1.82, 2.24) is 14.5 Å². The van der Waals surface area contributed by atoms with Gasteiger partial charge in [-0.15, -0.1) is 16.9 Å². The fraction of sp³-hybridized carbons (Fsp3) is 0.429. The lowest BCUT2D eigenvalue weighted by atomic mass is 10.3. The Labute approximate surface area is 99.0 Å². The number of nitrogens with one attached hydrogen (secondary N) is 1. The Morgan fingerprint density at radius 2 is 2.44 bits per heavy atom. The van der Waals surface area contributed by atoms with Crippen LogP contribution >= 0.6 is 23.3 Å². The number of carbonyl (C=O) groups is 2. The van der Waals surface area contributed by atoms with Crippen molar-refractivity contribution in [2.24, 2.45) is 0 Å². The maximum atomic E-state index is 11.7. The topological polar surface area (TPSA) is 95.4 Å². The highest BCUT2D eigenvalue weighted by Gasteiger charge is 2.34. The monoisotopic (exact) mass is 260 g/mol. The Hall–Kier alpha value is -1.35. The summed E-state index contributed by atoms with van der Waals surface area (Å²) >= 11 is 2.46. The van der Waals surface area contributed by atoms with Gasteiger partial charge in [-0.3, -0.25) is 5.32 Å². The van der Waals surface area contributed by atoms with E-state index >= 15 is 0 Å². The van der Waals surface area contributed by atoms with E-state index < -0.39 is 18.0 Å². The molecule has 0 unspecified atom stereocenters. The van der Waals surface area contributed by atoms with Crippen LogP contribution in [0.3, 0.4) is 0 Å². The van der Waals surface area contributed by atoms with Crippen LogP contribution in [-0.2, 0) is 4.79 Å². The molecule has 1 saturated heterocycles. The van der Waals surface area contributed by atoms with Gasteiger partial charge in [0.05, 0.1) is 12.1 Å². The van der Waals surface area contributed by atoms with Gasteiger partial charge in [0.25, 0.3) is 0 Å². The van der Waals surface area contributed by atoms with Crippen LogP contribution in [0.5, 0.6) is 0 Å². The van der Waals surface area contributed by atoms with E-state index in [1.807, 2.05) is 0 Å². The highest BCUT2D eigenvalue weighted by molar-refractivity contribution is 7.99. The van der Waals surface area contributed by atoms with Crippen molar-refractivity contribution in [3.05, 3.63) is 6.20 Å². The molecule has 86 valence electrons. The van der Waals surface area contributed by atoms with Gasteiger partial charge in [-0.05, 0) is 0 Å². The first-order valence-electron chi connectivity index (χ1n) is 4.34. The smallest absolute Gasteiger partial charge is 0.327 e. The first kappa shape index (κ1) is 11.1. The lowest BCUT2D eigenvalue weighted by molar-refractivity contribution is -0.140. The average molecular weight is 260 g/mol. The Morgan fingerprint density at radius 1 is 1.62 bits per heavy atom. The first-order valence-corrected chi connectivity index (χ1v) is 6.27. The number of rotatable bonds is 2. The summed E-state index contributed by atoms with van der Waals surface area (Å²) in [5.41, 5.74) is 0. The minimum Gasteiger partial charge on any atom is -0.480 e. The lowest BCUT2D eigenvalue weighted by Crippen LogP contribution is -2.43. The van der Waals surface area contributed by atoms with Crippen molar-refractivity contribution in [2.75, 3.05) is 16.9 Å². The maximum absolute atomic E-state index is 11.7. The molecule has 1 aliphatic rings. The Balaban J connectivity index is 2.01. The number of nitrogens with zero attached hydrogens (tertiary/aromatic N) is 3. The second kappa shape index (κ2) is 4.66. The number of carboxylic acids is 1. The van der Waals surface area contributed by atoms with Crippen LogP contribution in [0.1, 0.15) is 0 Å². The molecule has 16 heavy (non-hydrogen) atoms. The summed E-state index contributed by atoms with van der Waals surface area (Å²) in [4.78, 5) is 23.9. The number of hydrogen-bond donors (Lipinski definition) is 2. The van der Waals surface area contributed by atoms with Crippen molar-refractivity contribution >= 4 is 40.3 Å². The third-order valence-corrected chi connectivity index (χ3v) is 3.61. The normalized spacial score (nSPS) is 19.8. The van der Waals surface area contributed by atoms with E-state index in [9.17, 15) is 9.59 Å². The molecule has 0 radical (unpaired) electrons. The fourth-order valence-electron chi connectivity index (χ4n) is 1.25. The number of hydrogen-bond acceptors (Lipinski definition) is 6. The molecule has 1 aromatic heterocycles. The molecule has 0 saturated carbocycles. The minimum atomic E-state index is -0.984. The number of amides is 2. The van der Waals surface area contributed by atoms with Crippen molar-refractivity contribution in [1.29, 1.82) is 0 Å². The number of anilines is 1. The summed E-state index contributed by atoms with van der Waals surface area (Å²) in [6, 6.07) is -1.19. The van der Waals surface area contributed by atoms with Crippen LogP contribution in [0.25, 0.3) is 0 Å². The molecule has 2 N–H and O–H groups in total. The van der Waals surface area contributed by atoms with Gasteiger partial charge < -0.3 is 10.0 Å². The number of carboxylic acid groups (broad SMARTS) is 1. The maximum Gasteiger partial charge on any atom is 0.327 e. The molecule has 1 fully saturated rings. The van der Waals surface area contributed by atoms with E-state index in [2.05, 4.69) is 14.9 Å². The third-order valence-electron chi connectivity index (χ3n) is 2.02. The molecule has 2 amide bonds. The van der Waals surface area contributed by atoms with Gasteiger partial charge in [0.2, 0.25) is 0 Å². The molecular weight excluding hydrogens is 252 g/mol. The van der Waals surface area contributed by atoms with Crippen LogP contribution in [0, 0.1) is 0 Å². The number of urea groups is 1. The van der Waals surface area contributed by atoms with E-state index in [1.54, 1.807) is 0 Å². The largest absolute Gasteiger partial charge is 0.480 e. The highest BCUT2D eigenvalue weighted by Crippen LogP contribution is 2.22. The summed E-state index contributed by atoms with van der Waals surface area (Å²) < 4.78 is 3.59. The van der Waals surface area contributed by atoms with Crippen LogP contribution in [0.15, 0.2) is 6.20 Å². The standard InChI is InChI=1S/C7H8N4O3S2/c12-6(13)4-2-15-3-11(4)7(14)9-5-1-8-10-16-5/h1,4H,2-3H2,(H,9,14)(H,12,13)/t4-/m0/s1. The predicted octanol–water partition coefficient (Wildman–Crippen LogP) is 0.529. The molecule has 1 aliphatic heterocycles. The summed E-state index contributed by atoms with van der Waals surface area (Å²) in [6.07, 6.45) is 1.42. The van der Waals surface area contributed by atoms with E-state index in [1.165, 1.54) is 22.9 Å². The fourth-order valence-corrected chi connectivity index (χ4v) is 2.80. The molecule has 0 bridgehead atoms. The zero-order valence-corrected chi connectivity index (χ0v) is 9.62. The number of thioether (sulfide) groups is 1. The van der Waals surface area contributed by atoms with Crippen molar-refractivity contribution in [3.8, 4) is 0 Å². The number of aliphatic carboxylic acids is 1. The Kier molecular flexibility index (Phi) is 3.25. The van der Waals surface area contributed by atoms with Gasteiger partial charge in [0.15, 0.2) is 0 Å². The summed E-state index contributed by atoms with van der Waals surface area (Å²) in [6.45, 7) is 0. The molecule has 0 spiro atoms. The zero-order chi connectivity index (χ0) is 11.5. The van der Waals surface area contributed by atoms with Crippen LogP contribution < -0.4 is 5.32 Å². The van der Waals surface area contributed by atoms with Crippen LogP contribution in [0.2, 0.25) is 0 Å². The quantitative estimate of drug-likeness (QED) is 0.805. The Bertz CT molecular complexity index is 396.